The standard InChI is InChI=1S/C17H23FN4O2/c1-2-16-19-17(21-20-16)15-12-22(9-11-24-15)8-3-10-23-14-6-4-13(18)5-7-14/h4-7,15H,2-3,8-12H2,1H3,(H,19,20,21)/t15-/m1/s1. The fourth-order valence-corrected chi connectivity index (χ4v) is 2.68. The molecule has 0 unspecified atom stereocenters. The van der Waals surface area contributed by atoms with Crippen molar-refractivity contribution in [3.63, 3.8) is 0 Å². The van der Waals surface area contributed by atoms with Gasteiger partial charge in [0.05, 0.1) is 13.2 Å². The molecule has 24 heavy (non-hydrogen) atoms. The second-order valence-corrected chi connectivity index (χ2v) is 5.81. The zero-order chi connectivity index (χ0) is 16.8. The van der Waals surface area contributed by atoms with Crippen molar-refractivity contribution in [1.82, 2.24) is 20.1 Å². The van der Waals surface area contributed by atoms with Crippen LogP contribution in [0.1, 0.15) is 31.1 Å². The Balaban J connectivity index is 1.41. The lowest BCUT2D eigenvalue weighted by molar-refractivity contribution is -0.0351. The van der Waals surface area contributed by atoms with Crippen molar-refractivity contribution in [1.29, 1.82) is 0 Å². The number of nitrogens with zero attached hydrogens (tertiary/aromatic N) is 3. The van der Waals surface area contributed by atoms with Crippen molar-refractivity contribution in [2.24, 2.45) is 0 Å². The van der Waals surface area contributed by atoms with Crippen molar-refractivity contribution < 1.29 is 13.9 Å². The Hall–Kier alpha value is -1.99. The van der Waals surface area contributed by atoms with Crippen LogP contribution < -0.4 is 4.74 Å². The topological polar surface area (TPSA) is 63.3 Å². The number of aromatic nitrogens is 3. The van der Waals surface area contributed by atoms with E-state index in [1.54, 1.807) is 12.1 Å². The smallest absolute Gasteiger partial charge is 0.180 e. The van der Waals surface area contributed by atoms with Gasteiger partial charge in [0.25, 0.3) is 0 Å². The van der Waals surface area contributed by atoms with Gasteiger partial charge in [-0.25, -0.2) is 9.37 Å². The number of ether oxygens (including phenoxy) is 2. The third-order valence-electron chi connectivity index (χ3n) is 4.02. The summed E-state index contributed by atoms with van der Waals surface area (Å²) in [5.41, 5.74) is 0. The predicted molar refractivity (Wildman–Crippen MR) is 87.4 cm³/mol. The van der Waals surface area contributed by atoms with Crippen LogP contribution in [-0.4, -0.2) is 52.9 Å². The number of aromatic amines is 1. The minimum Gasteiger partial charge on any atom is -0.494 e. The molecule has 2 aromatic rings. The van der Waals surface area contributed by atoms with Crippen molar-refractivity contribution in [2.45, 2.75) is 25.9 Å². The van der Waals surface area contributed by atoms with Crippen LogP contribution in [0.3, 0.4) is 0 Å². The fraction of sp³-hybridized carbons (Fsp3) is 0.529. The summed E-state index contributed by atoms with van der Waals surface area (Å²) in [5, 5.41) is 7.18. The van der Waals surface area contributed by atoms with Crippen LogP contribution in [0.5, 0.6) is 5.75 Å². The first kappa shape index (κ1) is 16.9. The van der Waals surface area contributed by atoms with Gasteiger partial charge in [0.1, 0.15) is 23.5 Å². The summed E-state index contributed by atoms with van der Waals surface area (Å²) < 4.78 is 24.2. The number of halogens is 1. The third kappa shape index (κ3) is 4.52. The molecule has 7 heteroatoms. The Morgan fingerprint density at radius 3 is 2.96 bits per heavy atom. The van der Waals surface area contributed by atoms with Crippen molar-refractivity contribution in [2.75, 3.05) is 32.8 Å². The van der Waals surface area contributed by atoms with Gasteiger partial charge in [0.2, 0.25) is 0 Å². The molecule has 1 aliphatic heterocycles. The number of H-pyrrole nitrogens is 1. The normalized spacial score (nSPS) is 18.7. The number of hydrogen-bond donors (Lipinski definition) is 1. The fourth-order valence-electron chi connectivity index (χ4n) is 2.68. The predicted octanol–water partition coefficient (Wildman–Crippen LogP) is 2.35. The second kappa shape index (κ2) is 8.21. The molecule has 1 fully saturated rings. The van der Waals surface area contributed by atoms with Crippen LogP contribution in [0.15, 0.2) is 24.3 Å². The van der Waals surface area contributed by atoms with Crippen LogP contribution >= 0.6 is 0 Å². The lowest BCUT2D eigenvalue weighted by atomic mass is 10.2. The summed E-state index contributed by atoms with van der Waals surface area (Å²) in [5.74, 6) is 2.07. The molecule has 0 bridgehead atoms. The molecule has 130 valence electrons. The number of nitrogens with one attached hydrogen (secondary N) is 1. The zero-order valence-electron chi connectivity index (χ0n) is 13.9. The SMILES string of the molecule is CCc1nc([C@H]2CN(CCCOc3ccc(F)cc3)CCO2)n[nH]1. The molecule has 1 saturated heterocycles. The molecule has 3 rings (SSSR count). The van der Waals surface area contributed by atoms with Gasteiger partial charge in [-0.15, -0.1) is 0 Å². The van der Waals surface area contributed by atoms with E-state index in [0.29, 0.717) is 19.0 Å². The van der Waals surface area contributed by atoms with E-state index in [9.17, 15) is 4.39 Å². The molecule has 0 amide bonds. The quantitative estimate of drug-likeness (QED) is 0.788. The second-order valence-electron chi connectivity index (χ2n) is 5.81. The van der Waals surface area contributed by atoms with Crippen LogP contribution in [0, 0.1) is 5.82 Å². The molecule has 1 aromatic heterocycles. The highest BCUT2D eigenvalue weighted by Crippen LogP contribution is 2.19. The van der Waals surface area contributed by atoms with Crippen molar-refractivity contribution in [3.8, 4) is 5.75 Å². The highest BCUT2D eigenvalue weighted by atomic mass is 19.1. The number of rotatable bonds is 7. The van der Waals surface area contributed by atoms with Crippen LogP contribution in [-0.2, 0) is 11.2 Å². The van der Waals surface area contributed by atoms with Crippen LogP contribution in [0.4, 0.5) is 4.39 Å². The van der Waals surface area contributed by atoms with E-state index >= 15 is 0 Å². The molecule has 1 aliphatic rings. The molecular weight excluding hydrogens is 311 g/mol. The number of hydrogen-bond acceptors (Lipinski definition) is 5. The Kier molecular flexibility index (Phi) is 5.77. The maximum Gasteiger partial charge on any atom is 0.180 e. The number of aryl methyl sites for hydroxylation is 1. The Morgan fingerprint density at radius 1 is 1.38 bits per heavy atom. The van der Waals surface area contributed by atoms with Gasteiger partial charge >= 0.3 is 0 Å². The zero-order valence-corrected chi connectivity index (χ0v) is 13.9. The molecule has 0 radical (unpaired) electrons. The van der Waals surface area contributed by atoms with Crippen molar-refractivity contribution in [3.05, 3.63) is 41.7 Å². The van der Waals surface area contributed by atoms with Gasteiger partial charge in [-0.3, -0.25) is 10.00 Å². The number of morpholine rings is 1. The third-order valence-corrected chi connectivity index (χ3v) is 4.02. The van der Waals surface area contributed by atoms with E-state index in [1.807, 2.05) is 6.92 Å². The van der Waals surface area contributed by atoms with Gasteiger partial charge < -0.3 is 9.47 Å². The Labute approximate surface area is 141 Å². The molecule has 0 aliphatic carbocycles. The Bertz CT molecular complexity index is 632. The molecule has 1 atom stereocenters. The van der Waals surface area contributed by atoms with Crippen LogP contribution in [0.2, 0.25) is 0 Å². The first-order valence-electron chi connectivity index (χ1n) is 8.38. The van der Waals surface area contributed by atoms with E-state index in [1.165, 1.54) is 12.1 Å². The van der Waals surface area contributed by atoms with Crippen molar-refractivity contribution >= 4 is 0 Å². The number of benzene rings is 1. The molecule has 1 N–H and O–H groups in total. The maximum atomic E-state index is 12.8. The first-order chi connectivity index (χ1) is 11.7. The average Bonchev–Trinajstić information content (AvgIpc) is 3.10. The summed E-state index contributed by atoms with van der Waals surface area (Å²) >= 11 is 0. The summed E-state index contributed by atoms with van der Waals surface area (Å²) in [4.78, 5) is 6.79. The Morgan fingerprint density at radius 2 is 2.21 bits per heavy atom. The summed E-state index contributed by atoms with van der Waals surface area (Å²) in [6, 6.07) is 6.11. The molecule has 0 spiro atoms. The maximum absolute atomic E-state index is 12.8. The monoisotopic (exact) mass is 334 g/mol. The molecular formula is C17H23FN4O2. The lowest BCUT2D eigenvalue weighted by Crippen LogP contribution is -2.39. The molecule has 1 aromatic carbocycles. The molecule has 2 heterocycles. The van der Waals surface area contributed by atoms with Gasteiger partial charge in [0.15, 0.2) is 5.82 Å². The first-order valence-corrected chi connectivity index (χ1v) is 8.38. The van der Waals surface area contributed by atoms with Gasteiger partial charge in [-0.2, -0.15) is 5.10 Å². The van der Waals surface area contributed by atoms with E-state index < -0.39 is 0 Å². The molecule has 0 saturated carbocycles. The van der Waals surface area contributed by atoms with E-state index in [-0.39, 0.29) is 11.9 Å². The average molecular weight is 334 g/mol. The van der Waals surface area contributed by atoms with Crippen LogP contribution in [0.25, 0.3) is 0 Å². The minimum absolute atomic E-state index is 0.0756. The van der Waals surface area contributed by atoms with E-state index in [2.05, 4.69) is 20.1 Å². The largest absolute Gasteiger partial charge is 0.494 e. The summed E-state index contributed by atoms with van der Waals surface area (Å²) in [7, 11) is 0. The minimum atomic E-state index is -0.250. The van der Waals surface area contributed by atoms with Gasteiger partial charge in [-0.05, 0) is 30.7 Å². The molecule has 6 nitrogen and oxygen atoms in total. The van der Waals surface area contributed by atoms with Gasteiger partial charge in [0, 0.05) is 26.1 Å². The lowest BCUT2D eigenvalue weighted by Gasteiger charge is -2.31. The summed E-state index contributed by atoms with van der Waals surface area (Å²) in [6.45, 7) is 5.94. The summed E-state index contributed by atoms with van der Waals surface area (Å²) in [6.07, 6.45) is 1.66. The highest BCUT2D eigenvalue weighted by Gasteiger charge is 2.24. The van der Waals surface area contributed by atoms with E-state index in [4.69, 9.17) is 9.47 Å². The highest BCUT2D eigenvalue weighted by molar-refractivity contribution is 5.21. The van der Waals surface area contributed by atoms with E-state index in [0.717, 1.165) is 44.1 Å². The van der Waals surface area contributed by atoms with Gasteiger partial charge in [-0.1, -0.05) is 6.92 Å².